The van der Waals surface area contributed by atoms with Crippen LogP contribution in [0.25, 0.3) is 0 Å². The molecule has 5 nitrogen and oxygen atoms in total. The second-order valence-corrected chi connectivity index (χ2v) is 4.83. The summed E-state index contributed by atoms with van der Waals surface area (Å²) >= 11 is 5.89. The lowest BCUT2D eigenvalue weighted by molar-refractivity contribution is -0.384. The van der Waals surface area contributed by atoms with Crippen LogP contribution in [0.5, 0.6) is 0 Å². The van der Waals surface area contributed by atoms with E-state index in [-0.39, 0.29) is 22.9 Å². The highest BCUT2D eigenvalue weighted by atomic mass is 35.5. The highest BCUT2D eigenvalue weighted by molar-refractivity contribution is 6.33. The van der Waals surface area contributed by atoms with Gasteiger partial charge >= 0.3 is 5.97 Å². The molecule has 0 unspecified atom stereocenters. The maximum Gasteiger partial charge on any atom is 0.340 e. The van der Waals surface area contributed by atoms with Gasteiger partial charge in [-0.1, -0.05) is 35.9 Å². The lowest BCUT2D eigenvalue weighted by atomic mass is 10.1. The van der Waals surface area contributed by atoms with Gasteiger partial charge in [-0.15, -0.1) is 0 Å². The van der Waals surface area contributed by atoms with Crippen molar-refractivity contribution in [1.29, 1.82) is 0 Å². The normalized spacial score (nSPS) is 10.2. The number of halogens is 1. The van der Waals surface area contributed by atoms with Crippen molar-refractivity contribution in [2.45, 2.75) is 13.5 Å². The maximum atomic E-state index is 12.0. The topological polar surface area (TPSA) is 69.4 Å². The smallest absolute Gasteiger partial charge is 0.340 e. The summed E-state index contributed by atoms with van der Waals surface area (Å²) in [5.74, 6) is -0.688. The molecule has 0 N–H and O–H groups in total. The Morgan fingerprint density at radius 3 is 2.67 bits per heavy atom. The average molecular weight is 306 g/mol. The summed E-state index contributed by atoms with van der Waals surface area (Å²) in [7, 11) is 0. The van der Waals surface area contributed by atoms with Gasteiger partial charge in [-0.05, 0) is 24.1 Å². The van der Waals surface area contributed by atoms with Crippen LogP contribution in [0.4, 0.5) is 5.69 Å². The van der Waals surface area contributed by atoms with E-state index in [1.54, 1.807) is 0 Å². The quantitative estimate of drug-likeness (QED) is 0.488. The number of nitro groups is 1. The van der Waals surface area contributed by atoms with Crippen molar-refractivity contribution in [1.82, 2.24) is 0 Å². The monoisotopic (exact) mass is 305 g/mol. The van der Waals surface area contributed by atoms with Crippen molar-refractivity contribution in [3.63, 3.8) is 0 Å². The molecule has 0 aliphatic carbocycles. The van der Waals surface area contributed by atoms with Crippen LogP contribution < -0.4 is 0 Å². The third kappa shape index (κ3) is 3.58. The molecule has 0 spiro atoms. The highest BCUT2D eigenvalue weighted by Gasteiger charge is 2.17. The van der Waals surface area contributed by atoms with Crippen LogP contribution in [-0.2, 0) is 11.3 Å². The van der Waals surface area contributed by atoms with Gasteiger partial charge in [0.15, 0.2) is 0 Å². The predicted octanol–water partition coefficient (Wildman–Crippen LogP) is 3.91. The number of non-ortho nitro benzene ring substituents is 1. The van der Waals surface area contributed by atoms with E-state index in [1.165, 1.54) is 12.1 Å². The van der Waals surface area contributed by atoms with Gasteiger partial charge in [0.05, 0.1) is 15.5 Å². The van der Waals surface area contributed by atoms with Gasteiger partial charge in [-0.25, -0.2) is 4.79 Å². The molecule has 0 fully saturated rings. The van der Waals surface area contributed by atoms with Crippen LogP contribution in [0.15, 0.2) is 42.5 Å². The summed E-state index contributed by atoms with van der Waals surface area (Å²) in [5.41, 5.74) is 1.64. The maximum absolute atomic E-state index is 12.0. The molecular formula is C15H12ClNO4. The Balaban J connectivity index is 2.15. The van der Waals surface area contributed by atoms with Crippen LogP contribution in [0.3, 0.4) is 0 Å². The van der Waals surface area contributed by atoms with E-state index in [4.69, 9.17) is 16.3 Å². The molecule has 6 heteroatoms. The fraction of sp³-hybridized carbons (Fsp3) is 0.133. The number of nitro benzene ring substituents is 1. The molecule has 0 bridgehead atoms. The largest absolute Gasteiger partial charge is 0.457 e. The lowest BCUT2D eigenvalue weighted by Gasteiger charge is -2.08. The highest BCUT2D eigenvalue weighted by Crippen LogP contribution is 2.23. The van der Waals surface area contributed by atoms with E-state index in [9.17, 15) is 14.9 Å². The minimum atomic E-state index is -0.688. The fourth-order valence-corrected chi connectivity index (χ4v) is 1.97. The van der Waals surface area contributed by atoms with Crippen molar-refractivity contribution in [2.24, 2.45) is 0 Å². The number of benzene rings is 2. The summed E-state index contributed by atoms with van der Waals surface area (Å²) in [5, 5.41) is 10.8. The van der Waals surface area contributed by atoms with Crippen LogP contribution in [0, 0.1) is 17.0 Å². The molecule has 0 aliphatic heterocycles. The average Bonchev–Trinajstić information content (AvgIpc) is 2.46. The summed E-state index contributed by atoms with van der Waals surface area (Å²) in [4.78, 5) is 22.1. The van der Waals surface area contributed by atoms with E-state index in [0.29, 0.717) is 0 Å². The Morgan fingerprint density at radius 1 is 1.29 bits per heavy atom. The summed E-state index contributed by atoms with van der Waals surface area (Å²) in [6.07, 6.45) is 0. The molecule has 0 aliphatic rings. The first-order chi connectivity index (χ1) is 9.99. The number of carbonyl (C=O) groups excluding carboxylic acids is 1. The van der Waals surface area contributed by atoms with Crippen LogP contribution in [0.1, 0.15) is 21.5 Å². The Morgan fingerprint density at radius 2 is 2.00 bits per heavy atom. The minimum Gasteiger partial charge on any atom is -0.457 e. The van der Waals surface area contributed by atoms with E-state index in [1.807, 2.05) is 31.2 Å². The molecule has 0 saturated carbocycles. The number of esters is 1. The van der Waals surface area contributed by atoms with Crippen molar-refractivity contribution < 1.29 is 14.5 Å². The molecule has 2 aromatic carbocycles. The first-order valence-electron chi connectivity index (χ1n) is 6.14. The Bertz CT molecular complexity index is 700. The number of nitrogens with zero attached hydrogens (tertiary/aromatic N) is 1. The van der Waals surface area contributed by atoms with E-state index in [0.717, 1.165) is 17.2 Å². The first kappa shape index (κ1) is 15.0. The predicted molar refractivity (Wildman–Crippen MR) is 78.4 cm³/mol. The molecule has 2 aromatic rings. The molecule has 0 radical (unpaired) electrons. The lowest BCUT2D eigenvalue weighted by Crippen LogP contribution is -2.07. The molecule has 0 aromatic heterocycles. The first-order valence-corrected chi connectivity index (χ1v) is 6.52. The van der Waals surface area contributed by atoms with Crippen molar-refractivity contribution in [2.75, 3.05) is 0 Å². The molecule has 0 saturated heterocycles. The van der Waals surface area contributed by atoms with Gasteiger partial charge in [0.2, 0.25) is 0 Å². The van der Waals surface area contributed by atoms with E-state index >= 15 is 0 Å². The van der Waals surface area contributed by atoms with Gasteiger partial charge < -0.3 is 4.74 Å². The Hall–Kier alpha value is -2.40. The Kier molecular flexibility index (Phi) is 4.55. The van der Waals surface area contributed by atoms with E-state index < -0.39 is 10.9 Å². The zero-order valence-electron chi connectivity index (χ0n) is 11.2. The van der Waals surface area contributed by atoms with Crippen LogP contribution in [-0.4, -0.2) is 10.9 Å². The molecule has 0 amide bonds. The van der Waals surface area contributed by atoms with Crippen molar-refractivity contribution in [3.05, 3.63) is 74.3 Å². The third-order valence-electron chi connectivity index (χ3n) is 3.00. The number of hydrogen-bond acceptors (Lipinski definition) is 4. The Labute approximate surface area is 126 Å². The number of carbonyl (C=O) groups is 1. The van der Waals surface area contributed by atoms with Gasteiger partial charge in [-0.2, -0.15) is 0 Å². The van der Waals surface area contributed by atoms with Gasteiger partial charge in [0, 0.05) is 12.1 Å². The molecule has 21 heavy (non-hydrogen) atoms. The summed E-state index contributed by atoms with van der Waals surface area (Å²) in [6.45, 7) is 1.99. The molecule has 108 valence electrons. The van der Waals surface area contributed by atoms with Gasteiger partial charge in [0.1, 0.15) is 6.61 Å². The zero-order valence-corrected chi connectivity index (χ0v) is 12.0. The molecule has 0 heterocycles. The second kappa shape index (κ2) is 6.37. The van der Waals surface area contributed by atoms with Crippen molar-refractivity contribution >= 4 is 23.3 Å². The standard InChI is InChI=1S/C15H12ClNO4/c1-10-4-2-3-5-11(10)9-21-15(18)13-8-12(17(19)20)6-7-14(13)16/h2-8H,9H2,1H3. The SMILES string of the molecule is Cc1ccccc1COC(=O)c1cc([N+](=O)[O-])ccc1Cl. The molecule has 2 rings (SSSR count). The van der Waals surface area contributed by atoms with Crippen LogP contribution >= 0.6 is 11.6 Å². The van der Waals surface area contributed by atoms with Gasteiger partial charge in [-0.3, -0.25) is 10.1 Å². The fourth-order valence-electron chi connectivity index (χ4n) is 1.78. The second-order valence-electron chi connectivity index (χ2n) is 4.42. The third-order valence-corrected chi connectivity index (χ3v) is 3.33. The molecular weight excluding hydrogens is 294 g/mol. The van der Waals surface area contributed by atoms with Gasteiger partial charge in [0.25, 0.3) is 5.69 Å². The number of aryl methyl sites for hydroxylation is 1. The van der Waals surface area contributed by atoms with E-state index in [2.05, 4.69) is 0 Å². The zero-order chi connectivity index (χ0) is 15.4. The minimum absolute atomic E-state index is 0.0144. The number of rotatable bonds is 4. The molecule has 0 atom stereocenters. The van der Waals surface area contributed by atoms with Crippen molar-refractivity contribution in [3.8, 4) is 0 Å². The number of ether oxygens (including phenoxy) is 1. The summed E-state index contributed by atoms with van der Waals surface area (Å²) in [6, 6.07) is 11.1. The number of hydrogen-bond donors (Lipinski definition) is 0. The summed E-state index contributed by atoms with van der Waals surface area (Å²) < 4.78 is 5.16. The van der Waals surface area contributed by atoms with Crippen LogP contribution in [0.2, 0.25) is 5.02 Å².